The molecule has 0 aliphatic carbocycles. The van der Waals surface area contributed by atoms with E-state index in [1.165, 1.54) is 11.1 Å². The van der Waals surface area contributed by atoms with Crippen LogP contribution in [0.4, 0.5) is 11.4 Å². The number of anilines is 2. The molecule has 16 heavy (non-hydrogen) atoms. The molecule has 0 saturated carbocycles. The molecule has 0 bridgehead atoms. The molecule has 1 unspecified atom stereocenters. The normalized spacial score (nSPS) is 12.4. The minimum absolute atomic E-state index is 0.287. The smallest absolute Gasteiger partial charge is 0.0581 e. The van der Waals surface area contributed by atoms with Crippen molar-refractivity contribution >= 4 is 22.7 Å². The molecule has 0 saturated heterocycles. The maximum Gasteiger partial charge on any atom is 0.0581 e. The van der Waals surface area contributed by atoms with E-state index < -0.39 is 0 Å². The van der Waals surface area contributed by atoms with Crippen LogP contribution in [0.25, 0.3) is 0 Å². The zero-order valence-corrected chi connectivity index (χ0v) is 10.3. The van der Waals surface area contributed by atoms with E-state index in [1.54, 1.807) is 11.3 Å². The van der Waals surface area contributed by atoms with Crippen LogP contribution in [0.1, 0.15) is 24.1 Å². The van der Waals surface area contributed by atoms with Gasteiger partial charge in [-0.1, -0.05) is 6.07 Å². The number of rotatable bonds is 3. The van der Waals surface area contributed by atoms with Crippen LogP contribution in [0.5, 0.6) is 0 Å². The number of nitrogen functional groups attached to an aromatic ring is 1. The molecule has 2 aromatic rings. The van der Waals surface area contributed by atoms with Crippen molar-refractivity contribution in [1.82, 2.24) is 0 Å². The SMILES string of the molecule is Cc1ccc(N)c(NC(C)c2ccsc2)c1. The minimum Gasteiger partial charge on any atom is -0.397 e. The second kappa shape index (κ2) is 4.58. The van der Waals surface area contributed by atoms with Crippen molar-refractivity contribution in [2.75, 3.05) is 11.1 Å². The summed E-state index contributed by atoms with van der Waals surface area (Å²) in [5.41, 5.74) is 10.3. The fourth-order valence-corrected chi connectivity index (χ4v) is 2.39. The highest BCUT2D eigenvalue weighted by Crippen LogP contribution is 2.26. The van der Waals surface area contributed by atoms with Gasteiger partial charge in [0.05, 0.1) is 11.4 Å². The van der Waals surface area contributed by atoms with Crippen LogP contribution in [0.3, 0.4) is 0 Å². The average molecular weight is 232 g/mol. The van der Waals surface area contributed by atoms with E-state index in [1.807, 2.05) is 12.1 Å². The van der Waals surface area contributed by atoms with Gasteiger partial charge in [0.15, 0.2) is 0 Å². The third kappa shape index (κ3) is 2.36. The van der Waals surface area contributed by atoms with Crippen LogP contribution < -0.4 is 11.1 Å². The van der Waals surface area contributed by atoms with Crippen LogP contribution in [0, 0.1) is 6.92 Å². The largest absolute Gasteiger partial charge is 0.397 e. The predicted molar refractivity (Wildman–Crippen MR) is 71.9 cm³/mol. The Morgan fingerprint density at radius 2 is 2.12 bits per heavy atom. The highest BCUT2D eigenvalue weighted by atomic mass is 32.1. The molecule has 1 aromatic carbocycles. The molecule has 0 aliphatic rings. The van der Waals surface area contributed by atoms with Crippen LogP contribution >= 0.6 is 11.3 Å². The van der Waals surface area contributed by atoms with Gasteiger partial charge < -0.3 is 11.1 Å². The van der Waals surface area contributed by atoms with Gasteiger partial charge >= 0.3 is 0 Å². The lowest BCUT2D eigenvalue weighted by atomic mass is 10.1. The van der Waals surface area contributed by atoms with Gasteiger partial charge in [-0.15, -0.1) is 0 Å². The molecule has 2 nitrogen and oxygen atoms in total. The number of hydrogen-bond acceptors (Lipinski definition) is 3. The molecule has 0 aliphatic heterocycles. The summed E-state index contributed by atoms with van der Waals surface area (Å²) in [5.74, 6) is 0. The Bertz CT molecular complexity index is 463. The number of thiophene rings is 1. The van der Waals surface area contributed by atoms with E-state index in [0.29, 0.717) is 0 Å². The molecular formula is C13H16N2S. The van der Waals surface area contributed by atoms with E-state index in [4.69, 9.17) is 5.73 Å². The Balaban J connectivity index is 2.17. The maximum absolute atomic E-state index is 5.93. The Kier molecular flexibility index (Phi) is 3.15. The highest BCUT2D eigenvalue weighted by molar-refractivity contribution is 7.07. The summed E-state index contributed by atoms with van der Waals surface area (Å²) in [4.78, 5) is 0. The molecular weight excluding hydrogens is 216 g/mol. The molecule has 0 spiro atoms. The Hall–Kier alpha value is -1.48. The third-order valence-corrected chi connectivity index (χ3v) is 3.33. The quantitative estimate of drug-likeness (QED) is 0.790. The van der Waals surface area contributed by atoms with Crippen molar-refractivity contribution in [1.29, 1.82) is 0 Å². The predicted octanol–water partition coefficient (Wildman–Crippen LogP) is 3.81. The summed E-state index contributed by atoms with van der Waals surface area (Å²) < 4.78 is 0. The minimum atomic E-state index is 0.287. The first kappa shape index (κ1) is 11.0. The molecule has 3 heteroatoms. The van der Waals surface area contributed by atoms with Crippen molar-refractivity contribution < 1.29 is 0 Å². The van der Waals surface area contributed by atoms with E-state index >= 15 is 0 Å². The van der Waals surface area contributed by atoms with Crippen molar-refractivity contribution in [3.05, 3.63) is 46.2 Å². The second-order valence-electron chi connectivity index (χ2n) is 4.01. The number of nitrogens with one attached hydrogen (secondary N) is 1. The molecule has 1 atom stereocenters. The lowest BCUT2D eigenvalue weighted by molar-refractivity contribution is 0.891. The summed E-state index contributed by atoms with van der Waals surface area (Å²) in [6.45, 7) is 4.21. The number of benzene rings is 1. The van der Waals surface area contributed by atoms with E-state index in [0.717, 1.165) is 11.4 Å². The lowest BCUT2D eigenvalue weighted by Crippen LogP contribution is -2.07. The Morgan fingerprint density at radius 3 is 2.81 bits per heavy atom. The molecule has 2 rings (SSSR count). The van der Waals surface area contributed by atoms with Crippen molar-refractivity contribution in [3.8, 4) is 0 Å². The standard InChI is InChI=1S/C13H16N2S/c1-9-3-4-12(14)13(7-9)15-10(2)11-5-6-16-8-11/h3-8,10,15H,14H2,1-2H3. The van der Waals surface area contributed by atoms with Gasteiger partial charge in [0.2, 0.25) is 0 Å². The third-order valence-electron chi connectivity index (χ3n) is 2.62. The summed E-state index contributed by atoms with van der Waals surface area (Å²) in [5, 5.41) is 7.68. The monoisotopic (exact) mass is 232 g/mol. The first-order valence-corrected chi connectivity index (χ1v) is 6.26. The first-order chi connectivity index (χ1) is 7.66. The zero-order chi connectivity index (χ0) is 11.5. The zero-order valence-electron chi connectivity index (χ0n) is 9.53. The van der Waals surface area contributed by atoms with Crippen LogP contribution in [0.2, 0.25) is 0 Å². The van der Waals surface area contributed by atoms with Crippen molar-refractivity contribution in [2.24, 2.45) is 0 Å². The van der Waals surface area contributed by atoms with Crippen LogP contribution in [-0.2, 0) is 0 Å². The molecule has 0 radical (unpaired) electrons. The average Bonchev–Trinajstić information content (AvgIpc) is 2.76. The van der Waals surface area contributed by atoms with Crippen molar-refractivity contribution in [3.63, 3.8) is 0 Å². The summed E-state index contributed by atoms with van der Waals surface area (Å²) in [7, 11) is 0. The molecule has 3 N–H and O–H groups in total. The van der Waals surface area contributed by atoms with Crippen molar-refractivity contribution in [2.45, 2.75) is 19.9 Å². The topological polar surface area (TPSA) is 38.0 Å². The lowest BCUT2D eigenvalue weighted by Gasteiger charge is -2.16. The fourth-order valence-electron chi connectivity index (χ4n) is 1.63. The van der Waals surface area contributed by atoms with Gasteiger partial charge in [-0.25, -0.2) is 0 Å². The van der Waals surface area contributed by atoms with Gasteiger partial charge in [-0.3, -0.25) is 0 Å². The second-order valence-corrected chi connectivity index (χ2v) is 4.79. The first-order valence-electron chi connectivity index (χ1n) is 5.31. The molecule has 84 valence electrons. The van der Waals surface area contributed by atoms with Gasteiger partial charge in [-0.05, 0) is 53.9 Å². The summed E-state index contributed by atoms with van der Waals surface area (Å²) >= 11 is 1.71. The summed E-state index contributed by atoms with van der Waals surface area (Å²) in [6.07, 6.45) is 0. The maximum atomic E-state index is 5.93. The van der Waals surface area contributed by atoms with Gasteiger partial charge in [0.1, 0.15) is 0 Å². The number of aryl methyl sites for hydroxylation is 1. The van der Waals surface area contributed by atoms with E-state index in [9.17, 15) is 0 Å². The van der Waals surface area contributed by atoms with Gasteiger partial charge in [-0.2, -0.15) is 11.3 Å². The Labute approximate surface area is 100 Å². The van der Waals surface area contributed by atoms with Gasteiger partial charge in [0.25, 0.3) is 0 Å². The van der Waals surface area contributed by atoms with Crippen LogP contribution in [0.15, 0.2) is 35.0 Å². The number of nitrogens with two attached hydrogens (primary N) is 1. The number of hydrogen-bond donors (Lipinski definition) is 2. The fraction of sp³-hybridized carbons (Fsp3) is 0.231. The molecule has 1 aromatic heterocycles. The molecule has 1 heterocycles. The van der Waals surface area contributed by atoms with Gasteiger partial charge in [0, 0.05) is 6.04 Å². The van der Waals surface area contributed by atoms with E-state index in [2.05, 4.69) is 42.1 Å². The summed E-state index contributed by atoms with van der Waals surface area (Å²) in [6, 6.07) is 8.47. The highest BCUT2D eigenvalue weighted by Gasteiger charge is 2.07. The molecule has 0 amide bonds. The molecule has 0 fully saturated rings. The Morgan fingerprint density at radius 1 is 1.31 bits per heavy atom. The van der Waals surface area contributed by atoms with E-state index in [-0.39, 0.29) is 6.04 Å². The van der Waals surface area contributed by atoms with Crippen LogP contribution in [-0.4, -0.2) is 0 Å².